The van der Waals surface area contributed by atoms with E-state index in [1.807, 2.05) is 43.5 Å². The van der Waals surface area contributed by atoms with Crippen LogP contribution in [0.1, 0.15) is 30.5 Å². The molecule has 0 N–H and O–H groups in total. The van der Waals surface area contributed by atoms with Crippen molar-refractivity contribution in [2.75, 3.05) is 0 Å². The van der Waals surface area contributed by atoms with E-state index in [0.717, 1.165) is 40.6 Å². The minimum absolute atomic E-state index is 0.0844. The van der Waals surface area contributed by atoms with Crippen molar-refractivity contribution in [1.82, 2.24) is 4.57 Å². The summed E-state index contributed by atoms with van der Waals surface area (Å²) in [7, 11) is 0. The van der Waals surface area contributed by atoms with Gasteiger partial charge in [0.1, 0.15) is 5.82 Å². The van der Waals surface area contributed by atoms with Crippen molar-refractivity contribution in [3.05, 3.63) is 95.9 Å². The summed E-state index contributed by atoms with van der Waals surface area (Å²) in [6.45, 7) is 2.03. The molecule has 1 aromatic heterocycles. The van der Waals surface area contributed by atoms with Crippen molar-refractivity contribution in [1.29, 1.82) is 0 Å². The molecule has 4 aromatic rings. The molecule has 0 aliphatic rings. The van der Waals surface area contributed by atoms with Crippen LogP contribution in [-0.4, -0.2) is 4.57 Å². The Labute approximate surface area is 166 Å². The lowest BCUT2D eigenvalue weighted by molar-refractivity contribution is -0.137. The van der Waals surface area contributed by atoms with Crippen LogP contribution in [0.25, 0.3) is 22.0 Å². The molecule has 0 saturated heterocycles. The number of hydrogen-bond donors (Lipinski definition) is 0. The molecule has 3 aromatic carbocycles. The highest BCUT2D eigenvalue weighted by Gasteiger charge is 2.30. The summed E-state index contributed by atoms with van der Waals surface area (Å²) in [6, 6.07) is 19.4. The molecule has 148 valence electrons. The smallest absolute Gasteiger partial charge is 0.339 e. The lowest BCUT2D eigenvalue weighted by Gasteiger charge is -2.19. The van der Waals surface area contributed by atoms with E-state index in [2.05, 4.69) is 4.57 Å². The quantitative estimate of drug-likeness (QED) is 0.315. The predicted octanol–water partition coefficient (Wildman–Crippen LogP) is 7.47. The Morgan fingerprint density at radius 3 is 2.28 bits per heavy atom. The van der Waals surface area contributed by atoms with Gasteiger partial charge in [-0.3, -0.25) is 0 Å². The fraction of sp³-hybridized carbons (Fsp3) is 0.167. The van der Waals surface area contributed by atoms with Gasteiger partial charge in [-0.2, -0.15) is 13.2 Å². The van der Waals surface area contributed by atoms with Crippen LogP contribution >= 0.6 is 0 Å². The largest absolute Gasteiger partial charge is 0.416 e. The van der Waals surface area contributed by atoms with Crippen LogP contribution in [0.2, 0.25) is 0 Å². The summed E-state index contributed by atoms with van der Waals surface area (Å²) < 4.78 is 54.6. The Hall–Kier alpha value is -3.08. The maximum atomic E-state index is 13.8. The van der Waals surface area contributed by atoms with Gasteiger partial charge in [-0.1, -0.05) is 49.4 Å². The molecule has 29 heavy (non-hydrogen) atoms. The number of para-hydroxylation sites is 1. The summed E-state index contributed by atoms with van der Waals surface area (Å²) in [5, 5.41) is 0.946. The van der Waals surface area contributed by atoms with Gasteiger partial charge < -0.3 is 4.57 Å². The third kappa shape index (κ3) is 3.65. The molecule has 0 saturated carbocycles. The average Bonchev–Trinajstić information content (AvgIpc) is 3.08. The number of aromatic nitrogens is 1. The second-order valence-electron chi connectivity index (χ2n) is 7.02. The Balaban J connectivity index is 1.85. The van der Waals surface area contributed by atoms with Gasteiger partial charge in [0.2, 0.25) is 0 Å². The van der Waals surface area contributed by atoms with E-state index in [4.69, 9.17) is 0 Å². The molecule has 1 nitrogen and oxygen atoms in total. The standard InChI is InChI=1S/C24H19F4N/c1-2-22(17-6-5-7-19(25)14-17)29-15-21(20-8-3-4-9-23(20)29)16-10-12-18(13-11-16)24(26,27)28/h3-15,22H,2H2,1H3. The Morgan fingerprint density at radius 1 is 0.897 bits per heavy atom. The first-order valence-corrected chi connectivity index (χ1v) is 9.41. The van der Waals surface area contributed by atoms with Crippen molar-refractivity contribution in [2.45, 2.75) is 25.6 Å². The molecule has 4 rings (SSSR count). The fourth-order valence-electron chi connectivity index (χ4n) is 3.84. The zero-order valence-electron chi connectivity index (χ0n) is 15.7. The van der Waals surface area contributed by atoms with Crippen molar-refractivity contribution >= 4 is 10.9 Å². The number of hydrogen-bond acceptors (Lipinski definition) is 0. The molecule has 0 aliphatic heterocycles. The summed E-state index contributed by atoms with van der Waals surface area (Å²) in [6.07, 6.45) is -1.67. The highest BCUT2D eigenvalue weighted by molar-refractivity contribution is 5.96. The SMILES string of the molecule is CCC(c1cccc(F)c1)n1cc(-c2ccc(C(F)(F)F)cc2)c2ccccc21. The van der Waals surface area contributed by atoms with E-state index in [1.54, 1.807) is 6.07 Å². The van der Waals surface area contributed by atoms with Crippen LogP contribution in [0.4, 0.5) is 17.6 Å². The zero-order valence-corrected chi connectivity index (χ0v) is 15.7. The summed E-state index contributed by atoms with van der Waals surface area (Å²) in [4.78, 5) is 0. The normalized spacial score (nSPS) is 13.0. The highest BCUT2D eigenvalue weighted by Crippen LogP contribution is 2.37. The average molecular weight is 397 g/mol. The molecule has 0 fully saturated rings. The van der Waals surface area contributed by atoms with Gasteiger partial charge in [0.15, 0.2) is 0 Å². The van der Waals surface area contributed by atoms with Crippen LogP contribution < -0.4 is 0 Å². The van der Waals surface area contributed by atoms with Crippen molar-refractivity contribution in [2.24, 2.45) is 0 Å². The van der Waals surface area contributed by atoms with Crippen LogP contribution in [0.15, 0.2) is 79.0 Å². The molecule has 5 heteroatoms. The maximum Gasteiger partial charge on any atom is 0.416 e. The van der Waals surface area contributed by atoms with Gasteiger partial charge in [-0.05, 0) is 47.9 Å². The van der Waals surface area contributed by atoms with Crippen LogP contribution in [0.3, 0.4) is 0 Å². The van der Waals surface area contributed by atoms with Gasteiger partial charge in [-0.25, -0.2) is 4.39 Å². The molecule has 0 spiro atoms. The first-order valence-electron chi connectivity index (χ1n) is 9.41. The topological polar surface area (TPSA) is 4.93 Å². The molecule has 0 aliphatic carbocycles. The second-order valence-corrected chi connectivity index (χ2v) is 7.02. The molecular weight excluding hydrogens is 378 g/mol. The minimum Gasteiger partial charge on any atom is -0.339 e. The van der Waals surface area contributed by atoms with E-state index in [1.165, 1.54) is 24.3 Å². The van der Waals surface area contributed by atoms with Crippen LogP contribution in [0.5, 0.6) is 0 Å². The van der Waals surface area contributed by atoms with Gasteiger partial charge in [0, 0.05) is 22.7 Å². The monoisotopic (exact) mass is 397 g/mol. The first-order chi connectivity index (χ1) is 13.9. The molecule has 1 atom stereocenters. The third-order valence-corrected chi connectivity index (χ3v) is 5.22. The second kappa shape index (κ2) is 7.39. The van der Waals surface area contributed by atoms with E-state index in [9.17, 15) is 17.6 Å². The van der Waals surface area contributed by atoms with E-state index >= 15 is 0 Å². The maximum absolute atomic E-state index is 13.8. The van der Waals surface area contributed by atoms with Gasteiger partial charge in [0.05, 0.1) is 11.6 Å². The van der Waals surface area contributed by atoms with E-state index in [0.29, 0.717) is 5.56 Å². The molecular formula is C24H19F4N. The van der Waals surface area contributed by atoms with E-state index in [-0.39, 0.29) is 11.9 Å². The summed E-state index contributed by atoms with van der Waals surface area (Å²) in [5.41, 5.74) is 2.70. The number of benzene rings is 3. The lowest BCUT2D eigenvalue weighted by atomic mass is 10.0. The van der Waals surface area contributed by atoms with Gasteiger partial charge in [-0.15, -0.1) is 0 Å². The number of halogens is 4. The first kappa shape index (κ1) is 19.2. The highest BCUT2D eigenvalue weighted by atomic mass is 19.4. The predicted molar refractivity (Wildman–Crippen MR) is 107 cm³/mol. The number of nitrogens with zero attached hydrogens (tertiary/aromatic N) is 1. The van der Waals surface area contributed by atoms with Crippen LogP contribution in [-0.2, 0) is 6.18 Å². The Bertz CT molecular complexity index is 1140. The summed E-state index contributed by atoms with van der Waals surface area (Å²) in [5.74, 6) is -0.291. The van der Waals surface area contributed by atoms with Crippen molar-refractivity contribution < 1.29 is 17.6 Å². The number of alkyl halides is 3. The fourth-order valence-corrected chi connectivity index (χ4v) is 3.84. The lowest BCUT2D eigenvalue weighted by Crippen LogP contribution is -2.08. The number of rotatable bonds is 4. The molecule has 0 bridgehead atoms. The Kier molecular flexibility index (Phi) is 4.91. The van der Waals surface area contributed by atoms with Gasteiger partial charge >= 0.3 is 6.18 Å². The Morgan fingerprint density at radius 2 is 1.62 bits per heavy atom. The van der Waals surface area contributed by atoms with Crippen molar-refractivity contribution in [3.63, 3.8) is 0 Å². The molecule has 1 unspecified atom stereocenters. The summed E-state index contributed by atoms with van der Waals surface area (Å²) >= 11 is 0. The van der Waals surface area contributed by atoms with Crippen LogP contribution in [0, 0.1) is 5.82 Å². The third-order valence-electron chi connectivity index (χ3n) is 5.22. The molecule has 1 heterocycles. The van der Waals surface area contributed by atoms with Gasteiger partial charge in [0.25, 0.3) is 0 Å². The van der Waals surface area contributed by atoms with Crippen molar-refractivity contribution in [3.8, 4) is 11.1 Å². The molecule has 0 radical (unpaired) electrons. The minimum atomic E-state index is -4.36. The number of fused-ring (bicyclic) bond motifs is 1. The zero-order chi connectivity index (χ0) is 20.6. The van der Waals surface area contributed by atoms with E-state index < -0.39 is 11.7 Å². The molecule has 0 amide bonds.